The number of methoxy groups -OCH3 is 1. The highest BCUT2D eigenvalue weighted by Gasteiger charge is 2.30. The number of Topliss-reactive ketones (excluding diaryl/α,β-unsaturated/α-hetero) is 1. The van der Waals surface area contributed by atoms with Gasteiger partial charge in [0.05, 0.1) is 13.0 Å². The molecule has 3 atom stereocenters. The molecule has 3 aromatic rings. The second-order valence-electron chi connectivity index (χ2n) is 7.93. The van der Waals surface area contributed by atoms with Crippen molar-refractivity contribution in [3.8, 4) is 11.5 Å². The van der Waals surface area contributed by atoms with Crippen molar-refractivity contribution < 1.29 is 33.0 Å². The Bertz CT molecular complexity index is 1170. The lowest BCUT2D eigenvalue weighted by Gasteiger charge is -2.26. The minimum atomic E-state index is -0.864. The van der Waals surface area contributed by atoms with E-state index in [1.165, 1.54) is 32.4 Å². The van der Waals surface area contributed by atoms with E-state index in [2.05, 4.69) is 4.98 Å². The summed E-state index contributed by atoms with van der Waals surface area (Å²) in [5.74, 6) is -4.56. The molecular weight excluding hydrogens is 444 g/mol. The summed E-state index contributed by atoms with van der Waals surface area (Å²) in [5, 5.41) is 10.1. The molecule has 178 valence electrons. The molecule has 0 radical (unpaired) electrons. The first-order chi connectivity index (χ1) is 16.2. The molecule has 8 heteroatoms. The molecule has 0 fully saturated rings. The van der Waals surface area contributed by atoms with Crippen LogP contribution in [0.3, 0.4) is 0 Å². The van der Waals surface area contributed by atoms with Crippen molar-refractivity contribution >= 4 is 11.8 Å². The van der Waals surface area contributed by atoms with E-state index >= 15 is 0 Å². The summed E-state index contributed by atoms with van der Waals surface area (Å²) in [6, 6.07) is 13.5. The number of hydrogen-bond acceptors (Lipinski definition) is 6. The number of aromatic nitrogens is 1. The van der Waals surface area contributed by atoms with E-state index in [0.29, 0.717) is 5.56 Å². The van der Waals surface area contributed by atoms with Crippen LogP contribution in [0.4, 0.5) is 8.78 Å². The lowest BCUT2D eigenvalue weighted by molar-refractivity contribution is -0.153. The van der Waals surface area contributed by atoms with Crippen LogP contribution in [0.25, 0.3) is 0 Å². The molecule has 0 aliphatic heterocycles. The fraction of sp³-hybridized carbons (Fsp3) is 0.269. The van der Waals surface area contributed by atoms with Crippen molar-refractivity contribution in [2.45, 2.75) is 32.3 Å². The summed E-state index contributed by atoms with van der Waals surface area (Å²) in [6.07, 6.45) is 0.231. The molecule has 0 amide bonds. The van der Waals surface area contributed by atoms with Crippen LogP contribution in [0, 0.1) is 17.6 Å². The average molecular weight is 469 g/mol. The maximum atomic E-state index is 14.6. The molecule has 0 unspecified atom stereocenters. The average Bonchev–Trinajstić information content (AvgIpc) is 2.81. The molecule has 0 saturated carbocycles. The van der Waals surface area contributed by atoms with Gasteiger partial charge in [0.1, 0.15) is 17.7 Å². The molecule has 0 aliphatic rings. The number of esters is 1. The highest BCUT2D eigenvalue weighted by Crippen LogP contribution is 2.33. The maximum Gasteiger partial charge on any atom is 0.309 e. The molecule has 0 aliphatic carbocycles. The van der Waals surface area contributed by atoms with Gasteiger partial charge in [-0.2, -0.15) is 0 Å². The summed E-state index contributed by atoms with van der Waals surface area (Å²) in [7, 11) is 1.35. The van der Waals surface area contributed by atoms with E-state index in [4.69, 9.17) is 9.47 Å². The summed E-state index contributed by atoms with van der Waals surface area (Å²) in [4.78, 5) is 29.3. The molecule has 6 nitrogen and oxygen atoms in total. The van der Waals surface area contributed by atoms with Crippen LogP contribution in [0.5, 0.6) is 11.5 Å². The van der Waals surface area contributed by atoms with E-state index in [0.717, 1.165) is 12.1 Å². The molecule has 34 heavy (non-hydrogen) atoms. The lowest BCUT2D eigenvalue weighted by Crippen LogP contribution is -2.28. The smallest absolute Gasteiger partial charge is 0.309 e. The Balaban J connectivity index is 1.78. The van der Waals surface area contributed by atoms with Crippen molar-refractivity contribution in [2.75, 3.05) is 7.11 Å². The third-order valence-electron chi connectivity index (χ3n) is 5.49. The van der Waals surface area contributed by atoms with E-state index in [-0.39, 0.29) is 23.4 Å². The van der Waals surface area contributed by atoms with Gasteiger partial charge in [-0.15, -0.1) is 0 Å². The number of hydrogen-bond donors (Lipinski definition) is 1. The highest BCUT2D eigenvalue weighted by atomic mass is 19.1. The number of aromatic hydroxyl groups is 1. The number of ketones is 1. The third kappa shape index (κ3) is 5.57. The Kier molecular flexibility index (Phi) is 7.94. The minimum absolute atomic E-state index is 0.0919. The Morgan fingerprint density at radius 1 is 1.06 bits per heavy atom. The Labute approximate surface area is 196 Å². The lowest BCUT2D eigenvalue weighted by atomic mass is 9.86. The van der Waals surface area contributed by atoms with E-state index in [1.807, 2.05) is 0 Å². The zero-order valence-corrected chi connectivity index (χ0v) is 19.0. The fourth-order valence-corrected chi connectivity index (χ4v) is 3.75. The molecule has 2 aromatic carbocycles. The van der Waals surface area contributed by atoms with Crippen LogP contribution in [-0.2, 0) is 9.53 Å². The molecule has 0 saturated heterocycles. The minimum Gasteiger partial charge on any atom is -0.503 e. The first-order valence-corrected chi connectivity index (χ1v) is 10.7. The van der Waals surface area contributed by atoms with Gasteiger partial charge >= 0.3 is 5.97 Å². The van der Waals surface area contributed by atoms with Gasteiger partial charge in [0, 0.05) is 30.7 Å². The number of pyridine rings is 1. The fourth-order valence-electron chi connectivity index (χ4n) is 3.75. The number of carbonyl (C=O) groups excluding carboxylic acids is 2. The van der Waals surface area contributed by atoms with Crippen LogP contribution in [0.1, 0.15) is 47.8 Å². The van der Waals surface area contributed by atoms with Crippen molar-refractivity contribution in [2.24, 2.45) is 5.92 Å². The van der Waals surface area contributed by atoms with Gasteiger partial charge in [0.25, 0.3) is 0 Å². The van der Waals surface area contributed by atoms with E-state index < -0.39 is 47.1 Å². The van der Waals surface area contributed by atoms with Gasteiger partial charge in [-0.1, -0.05) is 43.3 Å². The van der Waals surface area contributed by atoms with Crippen LogP contribution >= 0.6 is 0 Å². The number of benzene rings is 2. The molecule has 3 rings (SSSR count). The van der Waals surface area contributed by atoms with Gasteiger partial charge in [-0.05, 0) is 24.1 Å². The topological polar surface area (TPSA) is 85.7 Å². The van der Waals surface area contributed by atoms with E-state index in [9.17, 15) is 23.5 Å². The Hall–Kier alpha value is -3.81. The first kappa shape index (κ1) is 24.8. The second-order valence-corrected chi connectivity index (χ2v) is 7.93. The number of ether oxygens (including phenoxy) is 2. The number of carbonyl (C=O) groups is 2. The Morgan fingerprint density at radius 2 is 1.76 bits per heavy atom. The summed E-state index contributed by atoms with van der Waals surface area (Å²) >= 11 is 0. The Morgan fingerprint density at radius 3 is 2.41 bits per heavy atom. The summed E-state index contributed by atoms with van der Waals surface area (Å²) in [6.45, 7) is 3.13. The molecule has 1 aromatic heterocycles. The van der Waals surface area contributed by atoms with Gasteiger partial charge in [0.2, 0.25) is 0 Å². The number of nitrogens with zero attached hydrogens (tertiary/aromatic N) is 1. The molecule has 0 spiro atoms. The van der Waals surface area contributed by atoms with Crippen LogP contribution in [0.15, 0.2) is 60.8 Å². The van der Waals surface area contributed by atoms with Crippen molar-refractivity contribution in [3.63, 3.8) is 0 Å². The highest BCUT2D eigenvalue weighted by molar-refractivity contribution is 5.99. The first-order valence-electron chi connectivity index (χ1n) is 10.7. The van der Waals surface area contributed by atoms with E-state index in [1.54, 1.807) is 37.3 Å². The summed E-state index contributed by atoms with van der Waals surface area (Å²) < 4.78 is 38.7. The zero-order chi connectivity index (χ0) is 24.8. The third-order valence-corrected chi connectivity index (χ3v) is 5.49. The zero-order valence-electron chi connectivity index (χ0n) is 19.0. The second kappa shape index (κ2) is 10.9. The normalized spacial score (nSPS) is 13.6. The maximum absolute atomic E-state index is 14.6. The SMILES string of the molecule is COc1ccnc(C(=O)C[C@@H](C)C(=O)O[C@@H](C)[C@@H](c2ccccc2)c2ccc(F)cc2F)c1O. The largest absolute Gasteiger partial charge is 0.503 e. The van der Waals surface area contributed by atoms with Gasteiger partial charge in [0.15, 0.2) is 23.0 Å². The molecular formula is C26H25F2NO5. The van der Waals surface area contributed by atoms with Gasteiger partial charge < -0.3 is 14.6 Å². The molecule has 0 bridgehead atoms. The molecule has 1 heterocycles. The monoisotopic (exact) mass is 469 g/mol. The van der Waals surface area contributed by atoms with Crippen LogP contribution in [0.2, 0.25) is 0 Å². The van der Waals surface area contributed by atoms with Crippen molar-refractivity contribution in [3.05, 3.63) is 89.2 Å². The van der Waals surface area contributed by atoms with Crippen LogP contribution in [-0.4, -0.2) is 35.1 Å². The van der Waals surface area contributed by atoms with Gasteiger partial charge in [-0.3, -0.25) is 9.59 Å². The summed E-state index contributed by atoms with van der Waals surface area (Å²) in [5.41, 5.74) is 0.660. The predicted molar refractivity (Wildman–Crippen MR) is 121 cm³/mol. The quantitative estimate of drug-likeness (QED) is 0.349. The standard InChI is InChI=1S/C26H25F2NO5/c1-15(13-21(30)24-25(31)22(33-3)11-12-29-24)26(32)34-16(2)23(17-7-5-4-6-8-17)19-10-9-18(27)14-20(19)28/h4-12,14-16,23,31H,13H2,1-3H3/t15-,16+,23+/m1/s1. The predicted octanol–water partition coefficient (Wildman–Crippen LogP) is 5.05. The van der Waals surface area contributed by atoms with Crippen LogP contribution < -0.4 is 4.74 Å². The van der Waals surface area contributed by atoms with Crippen molar-refractivity contribution in [1.29, 1.82) is 0 Å². The number of rotatable bonds is 9. The van der Waals surface area contributed by atoms with Gasteiger partial charge in [-0.25, -0.2) is 13.8 Å². The number of halogens is 2. The van der Waals surface area contributed by atoms with Crippen molar-refractivity contribution in [1.82, 2.24) is 4.98 Å². The molecule has 1 N–H and O–H groups in total.